The van der Waals surface area contributed by atoms with Crippen molar-refractivity contribution in [2.24, 2.45) is 5.92 Å². The summed E-state index contributed by atoms with van der Waals surface area (Å²) in [6.07, 6.45) is 8.26. The Balaban J connectivity index is 1.78. The number of rotatable bonds is 5. The Bertz CT molecular complexity index is 390. The molecule has 0 heterocycles. The van der Waals surface area contributed by atoms with Gasteiger partial charge < -0.3 is 9.47 Å². The summed E-state index contributed by atoms with van der Waals surface area (Å²) in [6.45, 7) is 5.72. The lowest BCUT2D eigenvalue weighted by Gasteiger charge is -2.27. The van der Waals surface area contributed by atoms with Gasteiger partial charge in [-0.05, 0) is 65.2 Å². The van der Waals surface area contributed by atoms with E-state index in [1.807, 2.05) is 13.8 Å². The third-order valence-electron chi connectivity index (χ3n) is 4.90. The molecule has 0 spiro atoms. The zero-order valence-electron chi connectivity index (χ0n) is 13.6. The molecule has 0 saturated heterocycles. The molecule has 0 bridgehead atoms. The third kappa shape index (κ3) is 4.45. The van der Waals surface area contributed by atoms with E-state index in [-0.39, 0.29) is 29.6 Å². The van der Waals surface area contributed by atoms with Crippen LogP contribution in [-0.4, -0.2) is 23.1 Å². The molecule has 21 heavy (non-hydrogen) atoms. The molecule has 2 fully saturated rings. The highest BCUT2D eigenvalue weighted by molar-refractivity contribution is 5.80. The van der Waals surface area contributed by atoms with E-state index < -0.39 is 5.92 Å². The molecule has 4 nitrogen and oxygen atoms in total. The van der Waals surface area contributed by atoms with Gasteiger partial charge in [0.15, 0.2) is 0 Å². The summed E-state index contributed by atoms with van der Waals surface area (Å²) in [7, 11) is 0. The summed E-state index contributed by atoms with van der Waals surface area (Å²) in [5, 5.41) is 0. The lowest BCUT2D eigenvalue weighted by atomic mass is 10.0. The monoisotopic (exact) mass is 296 g/mol. The fourth-order valence-electron chi connectivity index (χ4n) is 3.44. The first-order valence-corrected chi connectivity index (χ1v) is 8.27. The van der Waals surface area contributed by atoms with Crippen LogP contribution in [0, 0.1) is 5.92 Å². The second-order valence-electron chi connectivity index (χ2n) is 7.31. The van der Waals surface area contributed by atoms with Crippen molar-refractivity contribution in [1.82, 2.24) is 0 Å². The van der Waals surface area contributed by atoms with Gasteiger partial charge >= 0.3 is 11.9 Å². The van der Waals surface area contributed by atoms with Crippen molar-refractivity contribution >= 4 is 11.9 Å². The van der Waals surface area contributed by atoms with Gasteiger partial charge in [0.25, 0.3) is 0 Å². The van der Waals surface area contributed by atoms with Crippen LogP contribution in [0.3, 0.4) is 0 Å². The predicted molar refractivity (Wildman–Crippen MR) is 79.7 cm³/mol. The lowest BCUT2D eigenvalue weighted by Crippen LogP contribution is -2.33. The summed E-state index contributed by atoms with van der Waals surface area (Å²) in [4.78, 5) is 24.1. The zero-order valence-corrected chi connectivity index (χ0v) is 13.6. The van der Waals surface area contributed by atoms with Crippen molar-refractivity contribution in [3.63, 3.8) is 0 Å². The number of hydrogen-bond acceptors (Lipinski definition) is 4. The summed E-state index contributed by atoms with van der Waals surface area (Å²) < 4.78 is 11.2. The molecule has 1 atom stereocenters. The van der Waals surface area contributed by atoms with Crippen LogP contribution in [0.25, 0.3) is 0 Å². The molecular formula is C17H28O4. The second-order valence-corrected chi connectivity index (χ2v) is 7.31. The van der Waals surface area contributed by atoms with E-state index in [1.54, 1.807) is 6.92 Å². The van der Waals surface area contributed by atoms with Crippen molar-refractivity contribution in [3.05, 3.63) is 0 Å². The second kappa shape index (κ2) is 6.37. The molecule has 0 aromatic heterocycles. The number of hydrogen-bond donors (Lipinski definition) is 0. The van der Waals surface area contributed by atoms with Crippen molar-refractivity contribution in [1.29, 1.82) is 0 Å². The van der Waals surface area contributed by atoms with E-state index >= 15 is 0 Å². The number of carbonyl (C=O) groups is 2. The fourth-order valence-corrected chi connectivity index (χ4v) is 3.44. The van der Waals surface area contributed by atoms with E-state index in [0.29, 0.717) is 0 Å². The van der Waals surface area contributed by atoms with Crippen molar-refractivity contribution in [3.8, 4) is 0 Å². The van der Waals surface area contributed by atoms with E-state index in [4.69, 9.17) is 9.47 Å². The van der Waals surface area contributed by atoms with Crippen LogP contribution in [0.4, 0.5) is 0 Å². The van der Waals surface area contributed by atoms with Crippen molar-refractivity contribution < 1.29 is 19.1 Å². The Labute approximate surface area is 127 Å². The average molecular weight is 296 g/mol. The Hall–Kier alpha value is -1.06. The van der Waals surface area contributed by atoms with Gasteiger partial charge in [0.05, 0.1) is 12.3 Å². The molecule has 2 rings (SSSR count). The van der Waals surface area contributed by atoms with Gasteiger partial charge in [0, 0.05) is 0 Å². The number of esters is 2. The highest BCUT2D eigenvalue weighted by atomic mass is 16.6. The minimum atomic E-state index is -0.431. The minimum absolute atomic E-state index is 0.116. The van der Waals surface area contributed by atoms with E-state index in [9.17, 15) is 9.59 Å². The molecule has 2 aliphatic rings. The summed E-state index contributed by atoms with van der Waals surface area (Å²) in [5.74, 6) is -0.978. The fraction of sp³-hybridized carbons (Fsp3) is 0.882. The molecule has 0 N–H and O–H groups in total. The van der Waals surface area contributed by atoms with E-state index in [0.717, 1.165) is 51.4 Å². The van der Waals surface area contributed by atoms with Crippen LogP contribution in [0.1, 0.15) is 78.6 Å². The van der Waals surface area contributed by atoms with Crippen LogP contribution in [0.2, 0.25) is 0 Å². The highest BCUT2D eigenvalue weighted by Crippen LogP contribution is 2.34. The van der Waals surface area contributed by atoms with Crippen LogP contribution < -0.4 is 0 Å². The maximum atomic E-state index is 12.1. The van der Waals surface area contributed by atoms with Gasteiger partial charge in [-0.15, -0.1) is 0 Å². The number of ether oxygens (including phenoxy) is 2. The Morgan fingerprint density at radius 3 is 1.81 bits per heavy atom. The summed E-state index contributed by atoms with van der Waals surface area (Å²) in [5.41, 5.74) is -0.648. The maximum Gasteiger partial charge on any atom is 0.309 e. The smallest absolute Gasteiger partial charge is 0.309 e. The predicted octanol–water partition coefficient (Wildman–Crippen LogP) is 3.76. The van der Waals surface area contributed by atoms with Gasteiger partial charge in [-0.2, -0.15) is 0 Å². The first kappa shape index (κ1) is 16.3. The highest BCUT2D eigenvalue weighted by Gasteiger charge is 2.36. The molecule has 1 unspecified atom stereocenters. The van der Waals surface area contributed by atoms with Gasteiger partial charge in [0.1, 0.15) is 11.2 Å². The molecule has 2 aliphatic carbocycles. The first-order chi connectivity index (χ1) is 9.82. The molecule has 0 aromatic carbocycles. The van der Waals surface area contributed by atoms with Gasteiger partial charge in [0.2, 0.25) is 0 Å². The first-order valence-electron chi connectivity index (χ1n) is 8.27. The lowest BCUT2D eigenvalue weighted by molar-refractivity contribution is -0.169. The quantitative estimate of drug-likeness (QED) is 0.725. The summed E-state index contributed by atoms with van der Waals surface area (Å²) >= 11 is 0. The molecular weight excluding hydrogens is 268 g/mol. The third-order valence-corrected chi connectivity index (χ3v) is 4.90. The standard InChI is InChI=1S/C17H28O4/c1-13(15(19)21-17(3)10-6-7-11-17)12-14(18)20-16(2)8-4-5-9-16/h13H,4-12H2,1-3H3. The van der Waals surface area contributed by atoms with Crippen molar-refractivity contribution in [2.75, 3.05) is 0 Å². The van der Waals surface area contributed by atoms with Crippen LogP contribution in [0.5, 0.6) is 0 Å². The molecule has 2 saturated carbocycles. The maximum absolute atomic E-state index is 12.1. The normalized spacial score (nSPS) is 24.5. The van der Waals surface area contributed by atoms with Crippen molar-refractivity contribution in [2.45, 2.75) is 89.8 Å². The Morgan fingerprint density at radius 1 is 0.905 bits per heavy atom. The van der Waals surface area contributed by atoms with Gasteiger partial charge in [-0.1, -0.05) is 6.92 Å². The SMILES string of the molecule is CC(CC(=O)OC1(C)CCCC1)C(=O)OC1(C)CCCC1. The van der Waals surface area contributed by atoms with Gasteiger partial charge in [-0.25, -0.2) is 0 Å². The van der Waals surface area contributed by atoms with Crippen LogP contribution >= 0.6 is 0 Å². The van der Waals surface area contributed by atoms with Gasteiger partial charge in [-0.3, -0.25) is 9.59 Å². The van der Waals surface area contributed by atoms with E-state index in [1.165, 1.54) is 0 Å². The molecule has 4 heteroatoms. The van der Waals surface area contributed by atoms with Crippen LogP contribution in [-0.2, 0) is 19.1 Å². The average Bonchev–Trinajstić information content (AvgIpc) is 2.98. The topological polar surface area (TPSA) is 52.6 Å². The Kier molecular flexibility index (Phi) is 4.95. The molecule has 0 aromatic rings. The zero-order chi connectivity index (χ0) is 15.5. The molecule has 0 amide bonds. The van der Waals surface area contributed by atoms with Crippen LogP contribution in [0.15, 0.2) is 0 Å². The molecule has 120 valence electrons. The van der Waals surface area contributed by atoms with E-state index in [2.05, 4.69) is 0 Å². The Morgan fingerprint density at radius 2 is 1.33 bits per heavy atom. The number of carbonyl (C=O) groups excluding carboxylic acids is 2. The largest absolute Gasteiger partial charge is 0.459 e. The summed E-state index contributed by atoms with van der Waals surface area (Å²) in [6, 6.07) is 0. The molecule has 0 radical (unpaired) electrons. The molecule has 0 aliphatic heterocycles. The minimum Gasteiger partial charge on any atom is -0.459 e.